The van der Waals surface area contributed by atoms with Crippen LogP contribution in [-0.4, -0.2) is 73.4 Å². The molecule has 0 saturated carbocycles. The molecule has 0 spiro atoms. The lowest BCUT2D eigenvalue weighted by Gasteiger charge is -2.29. The van der Waals surface area contributed by atoms with Crippen LogP contribution in [0.25, 0.3) is 0 Å². The van der Waals surface area contributed by atoms with Crippen molar-refractivity contribution in [1.82, 2.24) is 4.90 Å². The Balaban J connectivity index is 1.72. The summed E-state index contributed by atoms with van der Waals surface area (Å²) in [6.07, 6.45) is 2.20. The number of sulfone groups is 1. The second kappa shape index (κ2) is 9.85. The summed E-state index contributed by atoms with van der Waals surface area (Å²) >= 11 is 0. The van der Waals surface area contributed by atoms with Crippen LogP contribution >= 0.6 is 0 Å². The Kier molecular flexibility index (Phi) is 7.37. The minimum absolute atomic E-state index is 0.0106. The van der Waals surface area contributed by atoms with Crippen LogP contribution in [0, 0.1) is 10.1 Å². The first kappa shape index (κ1) is 24.0. The molecule has 2 aliphatic heterocycles. The Hall–Kier alpha value is -2.69. The van der Waals surface area contributed by atoms with Crippen LogP contribution in [0.2, 0.25) is 0 Å². The number of nitrogens with zero attached hydrogens (tertiary/aromatic N) is 3. The zero-order chi connectivity index (χ0) is 23.5. The van der Waals surface area contributed by atoms with Gasteiger partial charge in [0.25, 0.3) is 11.6 Å². The van der Waals surface area contributed by atoms with E-state index >= 15 is 0 Å². The molecule has 0 unspecified atom stereocenters. The average molecular weight is 468 g/mol. The first-order valence-electron chi connectivity index (χ1n) is 10.9. The first-order valence-corrected chi connectivity index (χ1v) is 12.7. The van der Waals surface area contributed by atoms with Gasteiger partial charge in [-0.25, -0.2) is 13.2 Å². The number of esters is 1. The molecule has 2 aliphatic rings. The van der Waals surface area contributed by atoms with Gasteiger partial charge in [-0.2, -0.15) is 0 Å². The van der Waals surface area contributed by atoms with E-state index < -0.39 is 38.8 Å². The normalized spacial score (nSPS) is 21.1. The fraction of sp³-hybridized carbons (Fsp3) is 0.619. The number of hydrogen-bond acceptors (Lipinski definition) is 8. The molecule has 2 fully saturated rings. The molecule has 0 radical (unpaired) electrons. The molecule has 1 aromatic rings. The molecule has 2 heterocycles. The molecule has 0 bridgehead atoms. The molecule has 3 rings (SSSR count). The smallest absolute Gasteiger partial charge is 0.339 e. The van der Waals surface area contributed by atoms with Gasteiger partial charge in [0.05, 0.1) is 22.0 Å². The zero-order valence-electron chi connectivity index (χ0n) is 18.4. The molecule has 2 atom stereocenters. The number of piperidine rings is 1. The van der Waals surface area contributed by atoms with Crippen LogP contribution in [0.4, 0.5) is 11.4 Å². The van der Waals surface area contributed by atoms with Crippen molar-refractivity contribution in [2.75, 3.05) is 36.0 Å². The topological polar surface area (TPSA) is 127 Å². The van der Waals surface area contributed by atoms with Crippen molar-refractivity contribution in [2.24, 2.45) is 0 Å². The van der Waals surface area contributed by atoms with E-state index in [9.17, 15) is 28.1 Å². The number of benzene rings is 1. The number of nitro groups is 1. The van der Waals surface area contributed by atoms with Crippen LogP contribution in [0.1, 0.15) is 49.9 Å². The maximum Gasteiger partial charge on any atom is 0.339 e. The highest BCUT2D eigenvalue weighted by atomic mass is 32.2. The van der Waals surface area contributed by atoms with Crippen LogP contribution in [0.3, 0.4) is 0 Å². The molecule has 1 amide bonds. The maximum absolute atomic E-state index is 12.8. The monoisotopic (exact) mass is 467 g/mol. The molecular formula is C21H29N3O7S. The molecule has 176 valence electrons. The van der Waals surface area contributed by atoms with Crippen molar-refractivity contribution in [3.8, 4) is 0 Å². The highest BCUT2D eigenvalue weighted by Gasteiger charge is 2.36. The van der Waals surface area contributed by atoms with Gasteiger partial charge in [0.1, 0.15) is 5.69 Å². The highest BCUT2D eigenvalue weighted by Crippen LogP contribution is 2.31. The minimum atomic E-state index is -3.17. The van der Waals surface area contributed by atoms with E-state index in [1.54, 1.807) is 13.0 Å². The van der Waals surface area contributed by atoms with Gasteiger partial charge >= 0.3 is 5.97 Å². The van der Waals surface area contributed by atoms with Gasteiger partial charge in [-0.3, -0.25) is 14.9 Å². The number of nitro benzene ring substituents is 1. The third kappa shape index (κ3) is 5.37. The molecule has 11 heteroatoms. The van der Waals surface area contributed by atoms with Crippen LogP contribution < -0.4 is 4.90 Å². The Bertz CT molecular complexity index is 989. The van der Waals surface area contributed by atoms with Gasteiger partial charge in [-0.15, -0.1) is 0 Å². The third-order valence-electron chi connectivity index (χ3n) is 6.01. The molecule has 1 aromatic carbocycles. The lowest BCUT2D eigenvalue weighted by Crippen LogP contribution is -2.46. The molecule has 2 saturated heterocycles. The van der Waals surface area contributed by atoms with Gasteiger partial charge in [0.2, 0.25) is 0 Å². The first-order chi connectivity index (χ1) is 15.1. The van der Waals surface area contributed by atoms with Crippen molar-refractivity contribution in [3.05, 3.63) is 33.9 Å². The quantitative estimate of drug-likeness (QED) is 0.339. The molecule has 10 nitrogen and oxygen atoms in total. The van der Waals surface area contributed by atoms with Gasteiger partial charge in [0.15, 0.2) is 15.9 Å². The van der Waals surface area contributed by atoms with E-state index in [-0.39, 0.29) is 29.3 Å². The number of rotatable bonds is 7. The summed E-state index contributed by atoms with van der Waals surface area (Å²) in [5.41, 5.74) is 0.283. The Morgan fingerprint density at radius 3 is 2.53 bits per heavy atom. The summed E-state index contributed by atoms with van der Waals surface area (Å²) in [6.45, 7) is 4.89. The highest BCUT2D eigenvalue weighted by molar-refractivity contribution is 7.91. The number of ether oxygens (including phenoxy) is 1. The fourth-order valence-electron chi connectivity index (χ4n) is 4.33. The van der Waals surface area contributed by atoms with E-state index in [2.05, 4.69) is 0 Å². The maximum atomic E-state index is 12.8. The summed E-state index contributed by atoms with van der Waals surface area (Å²) < 4.78 is 28.8. The summed E-state index contributed by atoms with van der Waals surface area (Å²) in [4.78, 5) is 39.9. The predicted molar refractivity (Wildman–Crippen MR) is 118 cm³/mol. The number of carbonyl (C=O) groups excluding carboxylic acids is 2. The van der Waals surface area contributed by atoms with E-state index in [4.69, 9.17) is 4.74 Å². The van der Waals surface area contributed by atoms with E-state index in [0.717, 1.165) is 32.4 Å². The Morgan fingerprint density at radius 2 is 1.97 bits per heavy atom. The fourth-order valence-corrected chi connectivity index (χ4v) is 6.06. The zero-order valence-corrected chi connectivity index (χ0v) is 19.2. The van der Waals surface area contributed by atoms with E-state index in [0.29, 0.717) is 12.1 Å². The van der Waals surface area contributed by atoms with Crippen LogP contribution in [-0.2, 0) is 19.4 Å². The molecular weight excluding hydrogens is 438 g/mol. The Morgan fingerprint density at radius 1 is 1.28 bits per heavy atom. The number of anilines is 1. The molecule has 0 aromatic heterocycles. The second-order valence-electron chi connectivity index (χ2n) is 8.24. The number of carbonyl (C=O) groups is 2. The predicted octanol–water partition coefficient (Wildman–Crippen LogP) is 2.17. The van der Waals surface area contributed by atoms with Crippen LogP contribution in [0.15, 0.2) is 18.2 Å². The lowest BCUT2D eigenvalue weighted by molar-refractivity contribution is -0.384. The summed E-state index contributed by atoms with van der Waals surface area (Å²) in [5, 5.41) is 11.6. The summed E-state index contributed by atoms with van der Waals surface area (Å²) in [7, 11) is -3.17. The van der Waals surface area contributed by atoms with Crippen molar-refractivity contribution in [2.45, 2.75) is 51.7 Å². The second-order valence-corrected chi connectivity index (χ2v) is 10.5. The number of likely N-dealkylation sites (N-methyl/N-ethyl adjacent to an activating group) is 1. The van der Waals surface area contributed by atoms with Crippen molar-refractivity contribution in [1.29, 1.82) is 0 Å². The largest absolute Gasteiger partial charge is 0.449 e. The van der Waals surface area contributed by atoms with Gasteiger partial charge in [0, 0.05) is 31.7 Å². The SMILES string of the molecule is CCN(C(=O)[C@@H](C)OC(=O)c1ccc(N2CCCCC2)c([N+](=O)[O-])c1)[C@H]1CCS(=O)(=O)C1. The number of amides is 1. The van der Waals surface area contributed by atoms with E-state index in [1.165, 1.54) is 24.0 Å². The summed E-state index contributed by atoms with van der Waals surface area (Å²) in [5.74, 6) is -1.39. The minimum Gasteiger partial charge on any atom is -0.449 e. The third-order valence-corrected chi connectivity index (χ3v) is 7.76. The van der Waals surface area contributed by atoms with Crippen molar-refractivity contribution >= 4 is 33.1 Å². The van der Waals surface area contributed by atoms with Gasteiger partial charge < -0.3 is 14.5 Å². The number of hydrogen-bond donors (Lipinski definition) is 0. The van der Waals surface area contributed by atoms with E-state index in [1.807, 2.05) is 4.90 Å². The van der Waals surface area contributed by atoms with Gasteiger partial charge in [-0.1, -0.05) is 0 Å². The average Bonchev–Trinajstić information content (AvgIpc) is 3.13. The Labute approximate surface area is 187 Å². The van der Waals surface area contributed by atoms with Crippen molar-refractivity contribution in [3.63, 3.8) is 0 Å². The molecule has 0 N–H and O–H groups in total. The van der Waals surface area contributed by atoms with Crippen LogP contribution in [0.5, 0.6) is 0 Å². The molecule has 0 aliphatic carbocycles. The summed E-state index contributed by atoms with van der Waals surface area (Å²) in [6, 6.07) is 3.76. The van der Waals surface area contributed by atoms with Gasteiger partial charge in [-0.05, 0) is 51.7 Å². The van der Waals surface area contributed by atoms with Crippen molar-refractivity contribution < 1.29 is 27.7 Å². The molecule has 32 heavy (non-hydrogen) atoms. The standard InChI is InChI=1S/C21H29N3O7S/c1-3-23(17-9-12-32(29,30)14-17)20(25)15(2)31-21(26)16-7-8-18(19(13-16)24(27)28)22-10-5-4-6-11-22/h7-8,13,15,17H,3-6,9-12,14H2,1-2H3/t15-,17+/m1/s1. The lowest BCUT2D eigenvalue weighted by atomic mass is 10.1.